The van der Waals surface area contributed by atoms with Gasteiger partial charge in [0, 0.05) is 13.7 Å². The van der Waals surface area contributed by atoms with Crippen LogP contribution in [0.4, 0.5) is 0 Å². The van der Waals surface area contributed by atoms with Gasteiger partial charge in [-0.2, -0.15) is 0 Å². The first-order valence-corrected chi connectivity index (χ1v) is 6.36. The molecule has 0 radical (unpaired) electrons. The minimum absolute atomic E-state index is 0.621. The standard InChI is InChI=1S/C12H25NO4/c1-14-4-5-15-6-7-16-8-9-17-11-12-2-3-13-10-12/h12-13H,2-11H2,1H3. The van der Waals surface area contributed by atoms with Gasteiger partial charge in [-0.3, -0.25) is 0 Å². The first-order valence-electron chi connectivity index (χ1n) is 6.36. The predicted molar refractivity (Wildman–Crippen MR) is 65.3 cm³/mol. The Labute approximate surface area is 104 Å². The van der Waals surface area contributed by atoms with Gasteiger partial charge in [0.1, 0.15) is 0 Å². The average molecular weight is 247 g/mol. The van der Waals surface area contributed by atoms with E-state index in [4.69, 9.17) is 18.9 Å². The molecule has 0 saturated carbocycles. The van der Waals surface area contributed by atoms with E-state index in [1.165, 1.54) is 6.42 Å². The quantitative estimate of drug-likeness (QED) is 0.532. The number of methoxy groups -OCH3 is 1. The Hall–Kier alpha value is -0.200. The molecule has 1 rings (SSSR count). The molecule has 0 spiro atoms. The predicted octanol–water partition coefficient (Wildman–Crippen LogP) is 0.292. The zero-order valence-corrected chi connectivity index (χ0v) is 10.8. The molecule has 17 heavy (non-hydrogen) atoms. The van der Waals surface area contributed by atoms with Crippen LogP contribution in [0.3, 0.4) is 0 Å². The van der Waals surface area contributed by atoms with Crippen LogP contribution in [0, 0.1) is 5.92 Å². The highest BCUT2D eigenvalue weighted by Crippen LogP contribution is 2.06. The molecule has 1 aliphatic heterocycles. The van der Waals surface area contributed by atoms with Crippen LogP contribution in [0.25, 0.3) is 0 Å². The van der Waals surface area contributed by atoms with Crippen molar-refractivity contribution in [1.82, 2.24) is 5.32 Å². The van der Waals surface area contributed by atoms with Crippen LogP contribution in [-0.4, -0.2) is 66.4 Å². The summed E-state index contributed by atoms with van der Waals surface area (Å²) in [5.41, 5.74) is 0. The Bertz CT molecular complexity index is 163. The van der Waals surface area contributed by atoms with E-state index < -0.39 is 0 Å². The molecule has 0 aliphatic carbocycles. The zero-order chi connectivity index (χ0) is 12.2. The number of rotatable bonds is 11. The third kappa shape index (κ3) is 8.51. The van der Waals surface area contributed by atoms with Gasteiger partial charge < -0.3 is 24.3 Å². The van der Waals surface area contributed by atoms with E-state index in [9.17, 15) is 0 Å². The van der Waals surface area contributed by atoms with Crippen LogP contribution in [-0.2, 0) is 18.9 Å². The SMILES string of the molecule is COCCOCCOCCOCC1CCNC1. The molecule has 5 nitrogen and oxygen atoms in total. The second kappa shape index (κ2) is 10.9. The number of hydrogen-bond acceptors (Lipinski definition) is 5. The van der Waals surface area contributed by atoms with Crippen molar-refractivity contribution in [3.05, 3.63) is 0 Å². The number of ether oxygens (including phenoxy) is 4. The van der Waals surface area contributed by atoms with Crippen molar-refractivity contribution >= 4 is 0 Å². The van der Waals surface area contributed by atoms with Gasteiger partial charge in [0.05, 0.1) is 46.2 Å². The van der Waals surface area contributed by atoms with Crippen LogP contribution in [0.15, 0.2) is 0 Å². The van der Waals surface area contributed by atoms with Crippen molar-refractivity contribution in [3.63, 3.8) is 0 Å². The van der Waals surface area contributed by atoms with E-state index in [0.29, 0.717) is 45.6 Å². The molecule has 0 aromatic rings. The molecule has 102 valence electrons. The molecule has 0 amide bonds. The molecular formula is C12H25NO4. The van der Waals surface area contributed by atoms with Gasteiger partial charge in [-0.05, 0) is 18.9 Å². The molecule has 1 atom stereocenters. The average Bonchev–Trinajstić information content (AvgIpc) is 2.85. The van der Waals surface area contributed by atoms with Crippen LogP contribution >= 0.6 is 0 Å². The topological polar surface area (TPSA) is 49.0 Å². The van der Waals surface area contributed by atoms with E-state index in [1.54, 1.807) is 7.11 Å². The van der Waals surface area contributed by atoms with Crippen LogP contribution in [0.2, 0.25) is 0 Å². The lowest BCUT2D eigenvalue weighted by Gasteiger charge is -2.09. The van der Waals surface area contributed by atoms with Gasteiger partial charge in [-0.25, -0.2) is 0 Å². The van der Waals surface area contributed by atoms with Gasteiger partial charge in [0.15, 0.2) is 0 Å². The van der Waals surface area contributed by atoms with E-state index >= 15 is 0 Å². The lowest BCUT2D eigenvalue weighted by molar-refractivity contribution is -0.000493. The highest BCUT2D eigenvalue weighted by molar-refractivity contribution is 4.70. The van der Waals surface area contributed by atoms with Crippen LogP contribution in [0.5, 0.6) is 0 Å². The minimum atomic E-state index is 0.621. The summed E-state index contributed by atoms with van der Waals surface area (Å²) in [4.78, 5) is 0. The summed E-state index contributed by atoms with van der Waals surface area (Å²) in [6.07, 6.45) is 1.23. The first kappa shape index (κ1) is 14.9. The Morgan fingerprint density at radius 2 is 1.59 bits per heavy atom. The maximum Gasteiger partial charge on any atom is 0.0701 e. The highest BCUT2D eigenvalue weighted by atomic mass is 16.6. The molecule has 0 bridgehead atoms. The van der Waals surface area contributed by atoms with Crippen molar-refractivity contribution in [2.75, 3.05) is 66.4 Å². The molecule has 0 aromatic heterocycles. The van der Waals surface area contributed by atoms with Gasteiger partial charge in [-0.15, -0.1) is 0 Å². The molecule has 0 aromatic carbocycles. The lowest BCUT2D eigenvalue weighted by Crippen LogP contribution is -2.16. The van der Waals surface area contributed by atoms with Crippen molar-refractivity contribution in [1.29, 1.82) is 0 Å². The van der Waals surface area contributed by atoms with Crippen molar-refractivity contribution < 1.29 is 18.9 Å². The Morgan fingerprint density at radius 3 is 2.18 bits per heavy atom. The molecule has 1 N–H and O–H groups in total. The zero-order valence-electron chi connectivity index (χ0n) is 10.8. The van der Waals surface area contributed by atoms with Crippen LogP contribution in [0.1, 0.15) is 6.42 Å². The highest BCUT2D eigenvalue weighted by Gasteiger charge is 2.13. The second-order valence-corrected chi connectivity index (χ2v) is 4.15. The first-order chi connectivity index (χ1) is 8.43. The summed E-state index contributed by atoms with van der Waals surface area (Å²) in [5.74, 6) is 0.687. The minimum Gasteiger partial charge on any atom is -0.382 e. The fourth-order valence-electron chi connectivity index (χ4n) is 1.69. The Morgan fingerprint density at radius 1 is 0.941 bits per heavy atom. The molecular weight excluding hydrogens is 222 g/mol. The normalized spacial score (nSPS) is 19.9. The molecule has 1 heterocycles. The largest absolute Gasteiger partial charge is 0.382 e. The molecule has 1 aliphatic rings. The molecule has 1 fully saturated rings. The molecule has 5 heteroatoms. The molecule has 1 saturated heterocycles. The summed E-state index contributed by atoms with van der Waals surface area (Å²) in [7, 11) is 1.66. The van der Waals surface area contributed by atoms with E-state index in [-0.39, 0.29) is 0 Å². The summed E-state index contributed by atoms with van der Waals surface area (Å²) >= 11 is 0. The smallest absolute Gasteiger partial charge is 0.0701 e. The van der Waals surface area contributed by atoms with Gasteiger partial charge >= 0.3 is 0 Å². The fourth-order valence-corrected chi connectivity index (χ4v) is 1.69. The molecule has 1 unspecified atom stereocenters. The summed E-state index contributed by atoms with van der Waals surface area (Å²) in [5, 5.41) is 3.32. The lowest BCUT2D eigenvalue weighted by atomic mass is 10.1. The van der Waals surface area contributed by atoms with Crippen molar-refractivity contribution in [3.8, 4) is 0 Å². The second-order valence-electron chi connectivity index (χ2n) is 4.15. The van der Waals surface area contributed by atoms with Gasteiger partial charge in [0.2, 0.25) is 0 Å². The van der Waals surface area contributed by atoms with E-state index in [1.807, 2.05) is 0 Å². The Kier molecular flexibility index (Phi) is 9.55. The Balaban J connectivity index is 1.69. The number of nitrogens with one attached hydrogen (secondary N) is 1. The third-order valence-corrected chi connectivity index (χ3v) is 2.69. The summed E-state index contributed by atoms with van der Waals surface area (Å²) < 4.78 is 21.0. The maximum atomic E-state index is 5.54. The van der Waals surface area contributed by atoms with Crippen LogP contribution < -0.4 is 5.32 Å². The van der Waals surface area contributed by atoms with Crippen molar-refractivity contribution in [2.45, 2.75) is 6.42 Å². The van der Waals surface area contributed by atoms with Gasteiger partial charge in [0.25, 0.3) is 0 Å². The maximum absolute atomic E-state index is 5.54. The third-order valence-electron chi connectivity index (χ3n) is 2.69. The van der Waals surface area contributed by atoms with E-state index in [0.717, 1.165) is 19.7 Å². The number of hydrogen-bond donors (Lipinski definition) is 1. The fraction of sp³-hybridized carbons (Fsp3) is 1.00. The van der Waals surface area contributed by atoms with E-state index in [2.05, 4.69) is 5.32 Å². The van der Waals surface area contributed by atoms with Crippen molar-refractivity contribution in [2.24, 2.45) is 5.92 Å². The monoisotopic (exact) mass is 247 g/mol. The summed E-state index contributed by atoms with van der Waals surface area (Å²) in [6.45, 7) is 6.90. The summed E-state index contributed by atoms with van der Waals surface area (Å²) in [6, 6.07) is 0. The van der Waals surface area contributed by atoms with Gasteiger partial charge in [-0.1, -0.05) is 0 Å².